The van der Waals surface area contributed by atoms with E-state index >= 15 is 0 Å². The van der Waals surface area contributed by atoms with Crippen molar-refractivity contribution in [1.82, 2.24) is 0 Å². The van der Waals surface area contributed by atoms with Crippen molar-refractivity contribution in [3.05, 3.63) is 0 Å². The zero-order valence-corrected chi connectivity index (χ0v) is 6.04. The van der Waals surface area contributed by atoms with Crippen LogP contribution in [0.4, 0.5) is 0 Å². The normalized spacial score (nSPS) is 5.14. The molecule has 0 atom stereocenters. The Balaban J connectivity index is -0.0000000400. The molecular formula is C2H6CaO4. The Morgan fingerprint density at radius 3 is 1.00 bits per heavy atom. The summed E-state index contributed by atoms with van der Waals surface area (Å²) in [5, 5.41) is 31.0. The Labute approximate surface area is 71.4 Å². The number of aliphatic hydroxyl groups excluding tert-OH is 2. The fraction of sp³-hybridized carbons (Fsp3) is 1.00. The molecule has 0 heterocycles. The van der Waals surface area contributed by atoms with Gasteiger partial charge in [0.1, 0.15) is 0 Å². The van der Waals surface area contributed by atoms with Gasteiger partial charge in [0.15, 0.2) is 0 Å². The van der Waals surface area contributed by atoms with Gasteiger partial charge < -0.3 is 20.4 Å². The van der Waals surface area contributed by atoms with Crippen LogP contribution in [0.15, 0.2) is 0 Å². The summed E-state index contributed by atoms with van der Waals surface area (Å²) in [5.41, 5.74) is 0. The summed E-state index contributed by atoms with van der Waals surface area (Å²) in [4.78, 5) is 0. The van der Waals surface area contributed by atoms with Gasteiger partial charge in [0, 0.05) is 0 Å². The smallest absolute Gasteiger partial charge is 0.834 e. The standard InChI is InChI=1S/2CH3O2.Ca/c2*2-1-3;/h2*2H,1H2;/q2*-1;+2. The molecule has 0 aliphatic rings. The van der Waals surface area contributed by atoms with E-state index in [4.69, 9.17) is 20.4 Å². The molecule has 7 heavy (non-hydrogen) atoms. The molecule has 0 aliphatic heterocycles. The maximum absolute atomic E-state index is 8.49. The Morgan fingerprint density at radius 1 is 1.00 bits per heavy atom. The second-order valence-corrected chi connectivity index (χ2v) is 0.258. The van der Waals surface area contributed by atoms with Crippen molar-refractivity contribution in [3.8, 4) is 0 Å². The van der Waals surface area contributed by atoms with Crippen LogP contribution in [0.3, 0.4) is 0 Å². The molecule has 0 spiro atoms. The van der Waals surface area contributed by atoms with Gasteiger partial charge in [-0.15, -0.1) is 0 Å². The molecule has 0 fully saturated rings. The Kier molecular flexibility index (Phi) is 61.7. The SMILES string of the molecule is [Ca+2].[O-]CO.[O-]CO. The van der Waals surface area contributed by atoms with Gasteiger partial charge in [0.05, 0.1) is 0 Å². The van der Waals surface area contributed by atoms with Crippen LogP contribution in [-0.2, 0) is 0 Å². The largest absolute Gasteiger partial charge is 2.00 e. The van der Waals surface area contributed by atoms with Crippen LogP contribution in [0.1, 0.15) is 0 Å². The second-order valence-electron chi connectivity index (χ2n) is 0.258. The van der Waals surface area contributed by atoms with Gasteiger partial charge in [-0.2, -0.15) is 0 Å². The van der Waals surface area contributed by atoms with Crippen LogP contribution in [-0.4, -0.2) is 61.5 Å². The summed E-state index contributed by atoms with van der Waals surface area (Å²) in [6, 6.07) is 0. The average molecular weight is 134 g/mol. The fourth-order valence-electron chi connectivity index (χ4n) is 0. The topological polar surface area (TPSA) is 86.6 Å². The molecule has 0 radical (unpaired) electrons. The number of aliphatic hydroxyl groups is 2. The maximum atomic E-state index is 8.49. The minimum absolute atomic E-state index is 0. The van der Waals surface area contributed by atoms with Crippen LogP contribution in [0.5, 0.6) is 0 Å². The van der Waals surface area contributed by atoms with Crippen LogP contribution < -0.4 is 10.2 Å². The van der Waals surface area contributed by atoms with Gasteiger partial charge in [0.2, 0.25) is 0 Å². The number of hydrogen-bond donors (Lipinski definition) is 2. The Bertz CT molecular complexity index is 11.7. The summed E-state index contributed by atoms with van der Waals surface area (Å²) in [6.07, 6.45) is 0. The van der Waals surface area contributed by atoms with Gasteiger partial charge in [-0.3, -0.25) is 0 Å². The molecule has 0 saturated heterocycles. The predicted octanol–water partition coefficient (Wildman–Crippen LogP) is -3.79. The van der Waals surface area contributed by atoms with Gasteiger partial charge >= 0.3 is 37.7 Å². The van der Waals surface area contributed by atoms with Gasteiger partial charge in [-0.05, 0) is 13.6 Å². The monoisotopic (exact) mass is 134 g/mol. The second kappa shape index (κ2) is 27.5. The zero-order valence-electron chi connectivity index (χ0n) is 3.83. The average Bonchev–Trinajstić information content (AvgIpc) is 1.39. The zero-order chi connectivity index (χ0) is 5.41. The number of hydrogen-bond acceptors (Lipinski definition) is 4. The molecule has 0 aromatic carbocycles. The first kappa shape index (κ1) is 15.7. The summed E-state index contributed by atoms with van der Waals surface area (Å²) >= 11 is 0. The van der Waals surface area contributed by atoms with E-state index in [-0.39, 0.29) is 37.7 Å². The molecule has 0 aromatic heterocycles. The fourth-order valence-corrected chi connectivity index (χ4v) is 0. The van der Waals surface area contributed by atoms with Crippen molar-refractivity contribution < 1.29 is 20.4 Å². The molecule has 40 valence electrons. The van der Waals surface area contributed by atoms with E-state index < -0.39 is 13.6 Å². The van der Waals surface area contributed by atoms with Gasteiger partial charge in [-0.25, -0.2) is 0 Å². The molecule has 0 saturated carbocycles. The van der Waals surface area contributed by atoms with Gasteiger partial charge in [-0.1, -0.05) is 0 Å². The first-order valence-electron chi connectivity index (χ1n) is 1.21. The van der Waals surface area contributed by atoms with E-state index in [2.05, 4.69) is 0 Å². The molecule has 0 rings (SSSR count). The van der Waals surface area contributed by atoms with Crippen LogP contribution >= 0.6 is 0 Å². The summed E-state index contributed by atoms with van der Waals surface area (Å²) in [7, 11) is 0. The minimum Gasteiger partial charge on any atom is -0.834 e. The van der Waals surface area contributed by atoms with Crippen molar-refractivity contribution in [3.63, 3.8) is 0 Å². The summed E-state index contributed by atoms with van der Waals surface area (Å²) in [5.74, 6) is 0. The van der Waals surface area contributed by atoms with E-state index in [1.165, 1.54) is 0 Å². The van der Waals surface area contributed by atoms with Crippen LogP contribution in [0.25, 0.3) is 0 Å². The molecular weight excluding hydrogens is 128 g/mol. The molecule has 0 aliphatic carbocycles. The number of rotatable bonds is 0. The maximum Gasteiger partial charge on any atom is 2.00 e. The van der Waals surface area contributed by atoms with Crippen LogP contribution in [0, 0.1) is 0 Å². The van der Waals surface area contributed by atoms with E-state index in [0.29, 0.717) is 0 Å². The predicted molar refractivity (Wildman–Crippen MR) is 19.9 cm³/mol. The van der Waals surface area contributed by atoms with Crippen molar-refractivity contribution in [2.45, 2.75) is 0 Å². The van der Waals surface area contributed by atoms with Crippen molar-refractivity contribution in [2.24, 2.45) is 0 Å². The molecule has 0 amide bonds. The van der Waals surface area contributed by atoms with Crippen molar-refractivity contribution in [2.75, 3.05) is 13.6 Å². The molecule has 0 aromatic rings. The van der Waals surface area contributed by atoms with Crippen molar-refractivity contribution in [1.29, 1.82) is 0 Å². The molecule has 4 nitrogen and oxygen atoms in total. The third kappa shape index (κ3) is 153. The van der Waals surface area contributed by atoms with E-state index in [1.54, 1.807) is 0 Å². The molecule has 5 heteroatoms. The van der Waals surface area contributed by atoms with Crippen LogP contribution in [0.2, 0.25) is 0 Å². The van der Waals surface area contributed by atoms with E-state index in [9.17, 15) is 0 Å². The van der Waals surface area contributed by atoms with Crippen molar-refractivity contribution >= 4 is 37.7 Å². The molecule has 0 bridgehead atoms. The third-order valence-corrected chi connectivity index (χ3v) is 0. The Morgan fingerprint density at radius 2 is 1.00 bits per heavy atom. The molecule has 2 N–H and O–H groups in total. The first-order valence-corrected chi connectivity index (χ1v) is 1.21. The third-order valence-electron chi connectivity index (χ3n) is 0. The van der Waals surface area contributed by atoms with E-state index in [1.807, 2.05) is 0 Å². The summed E-state index contributed by atoms with van der Waals surface area (Å²) < 4.78 is 0. The molecule has 0 unspecified atom stereocenters. The Hall–Kier alpha value is 1.10. The summed E-state index contributed by atoms with van der Waals surface area (Å²) in [6.45, 7) is -2.00. The van der Waals surface area contributed by atoms with Gasteiger partial charge in [0.25, 0.3) is 0 Å². The minimum atomic E-state index is -1.00. The van der Waals surface area contributed by atoms with E-state index in [0.717, 1.165) is 0 Å². The first-order chi connectivity index (χ1) is 2.83. The quantitative estimate of drug-likeness (QED) is 0.263.